The molecular formula is C25H37N3O4. The number of ether oxygens (including phenoxy) is 2. The zero-order valence-corrected chi connectivity index (χ0v) is 19.8. The Balaban J connectivity index is 1.80. The van der Waals surface area contributed by atoms with Crippen LogP contribution in [0.25, 0.3) is 10.9 Å². The van der Waals surface area contributed by atoms with Crippen LogP contribution in [-0.4, -0.2) is 49.9 Å². The lowest BCUT2D eigenvalue weighted by Gasteiger charge is -2.27. The summed E-state index contributed by atoms with van der Waals surface area (Å²) in [5, 5.41) is 6.95. The first-order chi connectivity index (χ1) is 15.4. The molecule has 7 heteroatoms. The highest BCUT2D eigenvalue weighted by Crippen LogP contribution is 2.29. The van der Waals surface area contributed by atoms with Crippen molar-refractivity contribution in [3.8, 4) is 0 Å². The molecule has 1 fully saturated rings. The molecule has 1 aromatic carbocycles. The number of benzene rings is 1. The third kappa shape index (κ3) is 6.11. The first-order valence-corrected chi connectivity index (χ1v) is 11.7. The SMILES string of the molecule is COCCNC(=O)c1cc2cc(NC(=O)C3CCCC(OC)C3)ccc2n1CCC(C)C. The molecule has 176 valence electrons. The minimum atomic E-state index is -0.111. The Morgan fingerprint density at radius 2 is 2.00 bits per heavy atom. The Bertz CT molecular complexity index is 921. The number of hydrogen-bond acceptors (Lipinski definition) is 4. The molecule has 0 aliphatic heterocycles. The van der Waals surface area contributed by atoms with E-state index in [1.807, 2.05) is 24.3 Å². The van der Waals surface area contributed by atoms with Gasteiger partial charge in [-0.1, -0.05) is 20.3 Å². The Morgan fingerprint density at radius 1 is 1.19 bits per heavy atom. The first-order valence-electron chi connectivity index (χ1n) is 11.7. The average molecular weight is 444 g/mol. The van der Waals surface area contributed by atoms with Gasteiger partial charge in [0.2, 0.25) is 5.91 Å². The van der Waals surface area contributed by atoms with Gasteiger partial charge in [-0.25, -0.2) is 0 Å². The number of rotatable bonds is 10. The number of nitrogens with zero attached hydrogens (tertiary/aromatic N) is 1. The molecule has 2 aromatic rings. The van der Waals surface area contributed by atoms with Crippen molar-refractivity contribution in [1.82, 2.24) is 9.88 Å². The Morgan fingerprint density at radius 3 is 2.72 bits per heavy atom. The maximum atomic E-state index is 12.8. The fourth-order valence-electron chi connectivity index (χ4n) is 4.36. The van der Waals surface area contributed by atoms with Crippen LogP contribution < -0.4 is 10.6 Å². The van der Waals surface area contributed by atoms with Crippen LogP contribution in [0.4, 0.5) is 5.69 Å². The van der Waals surface area contributed by atoms with E-state index in [4.69, 9.17) is 9.47 Å². The molecule has 2 N–H and O–H groups in total. The summed E-state index contributed by atoms with van der Waals surface area (Å²) in [4.78, 5) is 25.6. The van der Waals surface area contributed by atoms with E-state index in [1.54, 1.807) is 14.2 Å². The smallest absolute Gasteiger partial charge is 0.268 e. The van der Waals surface area contributed by atoms with Crippen molar-refractivity contribution in [2.24, 2.45) is 11.8 Å². The van der Waals surface area contributed by atoms with Crippen LogP contribution in [0.1, 0.15) is 56.4 Å². The van der Waals surface area contributed by atoms with E-state index in [1.165, 1.54) is 0 Å². The first kappa shape index (κ1) is 24.3. The maximum Gasteiger partial charge on any atom is 0.268 e. The second kappa shape index (κ2) is 11.5. The lowest BCUT2D eigenvalue weighted by molar-refractivity contribution is -0.122. The summed E-state index contributed by atoms with van der Waals surface area (Å²) in [6.07, 6.45) is 4.83. The standard InChI is InChI=1S/C25H37N3O4/c1-17(2)10-12-28-22-9-8-20(27-24(29)18-6-5-7-21(15-18)32-4)14-19(22)16-23(28)25(30)26-11-13-31-3/h8-9,14,16-18,21H,5-7,10-13,15H2,1-4H3,(H,26,30)(H,27,29). The number of methoxy groups -OCH3 is 2. The summed E-state index contributed by atoms with van der Waals surface area (Å²) in [5.74, 6) is 0.437. The second-order valence-electron chi connectivity index (χ2n) is 9.10. The van der Waals surface area contributed by atoms with E-state index < -0.39 is 0 Å². The lowest BCUT2D eigenvalue weighted by Crippen LogP contribution is -2.30. The molecule has 0 saturated heterocycles. The van der Waals surface area contributed by atoms with Crippen LogP contribution in [0.3, 0.4) is 0 Å². The number of carbonyl (C=O) groups excluding carboxylic acids is 2. The monoisotopic (exact) mass is 443 g/mol. The van der Waals surface area contributed by atoms with Gasteiger partial charge in [0.1, 0.15) is 5.69 Å². The molecule has 1 heterocycles. The third-order valence-corrected chi connectivity index (χ3v) is 6.25. The van der Waals surface area contributed by atoms with E-state index in [-0.39, 0.29) is 23.8 Å². The van der Waals surface area contributed by atoms with Crippen molar-refractivity contribution in [3.63, 3.8) is 0 Å². The van der Waals surface area contributed by atoms with Crippen molar-refractivity contribution in [2.45, 2.75) is 58.6 Å². The van der Waals surface area contributed by atoms with Gasteiger partial charge in [-0.05, 0) is 55.9 Å². The summed E-state index contributed by atoms with van der Waals surface area (Å²) < 4.78 is 12.6. The average Bonchev–Trinajstić information content (AvgIpc) is 3.15. The summed E-state index contributed by atoms with van der Waals surface area (Å²) in [6.45, 7) is 6.06. The maximum absolute atomic E-state index is 12.8. The largest absolute Gasteiger partial charge is 0.383 e. The molecule has 0 radical (unpaired) electrons. The van der Waals surface area contributed by atoms with Gasteiger partial charge in [-0.3, -0.25) is 9.59 Å². The van der Waals surface area contributed by atoms with E-state index in [0.29, 0.717) is 24.8 Å². The number of nitrogens with one attached hydrogen (secondary N) is 2. The van der Waals surface area contributed by atoms with Crippen molar-refractivity contribution < 1.29 is 19.1 Å². The number of anilines is 1. The second-order valence-corrected chi connectivity index (χ2v) is 9.10. The van der Waals surface area contributed by atoms with Gasteiger partial charge in [0.05, 0.1) is 12.7 Å². The molecule has 1 aromatic heterocycles. The van der Waals surface area contributed by atoms with Gasteiger partial charge in [-0.2, -0.15) is 0 Å². The number of aromatic nitrogens is 1. The number of aryl methyl sites for hydroxylation is 1. The van der Waals surface area contributed by atoms with Crippen molar-refractivity contribution >= 4 is 28.4 Å². The molecule has 2 unspecified atom stereocenters. The van der Waals surface area contributed by atoms with Crippen molar-refractivity contribution in [2.75, 3.05) is 32.7 Å². The topological polar surface area (TPSA) is 81.6 Å². The van der Waals surface area contributed by atoms with E-state index >= 15 is 0 Å². The number of carbonyl (C=O) groups is 2. The van der Waals surface area contributed by atoms with Crippen LogP contribution in [0.5, 0.6) is 0 Å². The van der Waals surface area contributed by atoms with E-state index in [9.17, 15) is 9.59 Å². The zero-order chi connectivity index (χ0) is 23.1. The third-order valence-electron chi connectivity index (χ3n) is 6.25. The van der Waals surface area contributed by atoms with E-state index in [2.05, 4.69) is 29.0 Å². The minimum Gasteiger partial charge on any atom is -0.383 e. The molecule has 2 atom stereocenters. The summed E-state index contributed by atoms with van der Waals surface area (Å²) in [7, 11) is 3.33. The van der Waals surface area contributed by atoms with Crippen LogP contribution in [-0.2, 0) is 20.8 Å². The van der Waals surface area contributed by atoms with Crippen molar-refractivity contribution in [3.05, 3.63) is 30.0 Å². The van der Waals surface area contributed by atoms with Gasteiger partial charge < -0.3 is 24.7 Å². The highest BCUT2D eigenvalue weighted by Gasteiger charge is 2.27. The fourth-order valence-corrected chi connectivity index (χ4v) is 4.36. The van der Waals surface area contributed by atoms with Gasteiger partial charge in [0.15, 0.2) is 0 Å². The predicted molar refractivity (Wildman–Crippen MR) is 127 cm³/mol. The summed E-state index contributed by atoms with van der Waals surface area (Å²) >= 11 is 0. The number of hydrogen-bond donors (Lipinski definition) is 2. The van der Waals surface area contributed by atoms with Crippen LogP contribution >= 0.6 is 0 Å². The molecule has 3 rings (SSSR count). The highest BCUT2D eigenvalue weighted by atomic mass is 16.5. The molecule has 0 bridgehead atoms. The molecule has 32 heavy (non-hydrogen) atoms. The van der Waals surface area contributed by atoms with Gasteiger partial charge in [0.25, 0.3) is 5.91 Å². The van der Waals surface area contributed by atoms with Gasteiger partial charge >= 0.3 is 0 Å². The summed E-state index contributed by atoms with van der Waals surface area (Å²) in [6, 6.07) is 7.79. The molecule has 1 aliphatic carbocycles. The molecule has 0 spiro atoms. The van der Waals surface area contributed by atoms with Crippen LogP contribution in [0, 0.1) is 11.8 Å². The van der Waals surface area contributed by atoms with E-state index in [0.717, 1.165) is 55.2 Å². The van der Waals surface area contributed by atoms with Gasteiger partial charge in [-0.15, -0.1) is 0 Å². The lowest BCUT2D eigenvalue weighted by atomic mass is 9.86. The number of amides is 2. The molecule has 1 saturated carbocycles. The normalized spacial score (nSPS) is 18.8. The fraction of sp³-hybridized carbons (Fsp3) is 0.600. The molecular weight excluding hydrogens is 406 g/mol. The van der Waals surface area contributed by atoms with Crippen LogP contribution in [0.2, 0.25) is 0 Å². The Labute approximate surface area is 190 Å². The molecule has 7 nitrogen and oxygen atoms in total. The molecule has 1 aliphatic rings. The Hall–Kier alpha value is -2.38. The number of fused-ring (bicyclic) bond motifs is 1. The quantitative estimate of drug-likeness (QED) is 0.539. The zero-order valence-electron chi connectivity index (χ0n) is 19.8. The summed E-state index contributed by atoms with van der Waals surface area (Å²) in [5.41, 5.74) is 2.39. The predicted octanol–water partition coefficient (Wildman–Crippen LogP) is 4.21. The minimum absolute atomic E-state index is 0.0258. The van der Waals surface area contributed by atoms with Gasteiger partial charge in [0, 0.05) is 49.8 Å². The van der Waals surface area contributed by atoms with Crippen LogP contribution in [0.15, 0.2) is 24.3 Å². The molecule has 2 amide bonds. The van der Waals surface area contributed by atoms with Crippen molar-refractivity contribution in [1.29, 1.82) is 0 Å². The Kier molecular flexibility index (Phi) is 8.70. The highest BCUT2D eigenvalue weighted by molar-refractivity contribution is 6.00.